The molecule has 0 heterocycles. The van der Waals surface area contributed by atoms with Gasteiger partial charge in [-0.25, -0.2) is 0 Å². The van der Waals surface area contributed by atoms with Crippen molar-refractivity contribution in [1.82, 2.24) is 5.32 Å². The van der Waals surface area contributed by atoms with Gasteiger partial charge in [-0.05, 0) is 51.3 Å². The molecule has 1 aromatic carbocycles. The summed E-state index contributed by atoms with van der Waals surface area (Å²) in [4.78, 5) is 0. The van der Waals surface area contributed by atoms with Gasteiger partial charge in [0.1, 0.15) is 5.75 Å². The molecule has 0 aliphatic rings. The van der Waals surface area contributed by atoms with Crippen LogP contribution in [0.3, 0.4) is 0 Å². The Hall–Kier alpha value is -0.670. The Bertz CT molecular complexity index is 341. The lowest BCUT2D eigenvalue weighted by atomic mass is 10.2. The monoisotopic (exact) mass is 281 g/mol. The zero-order chi connectivity index (χ0) is 13.9. The zero-order valence-electron chi connectivity index (χ0n) is 12.4. The number of rotatable bonds is 10. The third-order valence-corrected chi connectivity index (χ3v) is 3.55. The van der Waals surface area contributed by atoms with Crippen molar-refractivity contribution >= 4 is 11.8 Å². The minimum absolute atomic E-state index is 0.229. The molecular weight excluding hydrogens is 254 g/mol. The van der Waals surface area contributed by atoms with E-state index in [-0.39, 0.29) is 6.10 Å². The van der Waals surface area contributed by atoms with Gasteiger partial charge in [0.15, 0.2) is 0 Å². The molecule has 0 saturated carbocycles. The van der Waals surface area contributed by atoms with Gasteiger partial charge < -0.3 is 10.1 Å². The second kappa shape index (κ2) is 10.2. The molecule has 1 N–H and O–H groups in total. The highest BCUT2D eigenvalue weighted by atomic mass is 32.2. The van der Waals surface area contributed by atoms with Crippen LogP contribution < -0.4 is 10.1 Å². The maximum atomic E-state index is 5.81. The van der Waals surface area contributed by atoms with Crippen LogP contribution in [0, 0.1) is 0 Å². The molecular formula is C16H27NOS. The SMILES string of the molecule is CSCCCCCNCc1ccccc1OC(C)C. The Labute approximate surface area is 122 Å². The van der Waals surface area contributed by atoms with Gasteiger partial charge in [-0.1, -0.05) is 24.6 Å². The Morgan fingerprint density at radius 3 is 2.68 bits per heavy atom. The summed E-state index contributed by atoms with van der Waals surface area (Å²) in [6.07, 6.45) is 6.30. The number of para-hydroxylation sites is 1. The normalized spacial score (nSPS) is 10.9. The van der Waals surface area contributed by atoms with Crippen LogP contribution in [0.25, 0.3) is 0 Å². The summed E-state index contributed by atoms with van der Waals surface area (Å²) in [6, 6.07) is 8.29. The summed E-state index contributed by atoms with van der Waals surface area (Å²) in [6.45, 7) is 6.11. The fourth-order valence-electron chi connectivity index (χ4n) is 1.92. The predicted molar refractivity (Wildman–Crippen MR) is 86.1 cm³/mol. The summed E-state index contributed by atoms with van der Waals surface area (Å²) in [5.41, 5.74) is 1.25. The highest BCUT2D eigenvalue weighted by Crippen LogP contribution is 2.19. The van der Waals surface area contributed by atoms with Gasteiger partial charge in [-0.2, -0.15) is 11.8 Å². The number of unbranched alkanes of at least 4 members (excludes halogenated alkanes) is 2. The number of thioether (sulfide) groups is 1. The summed E-state index contributed by atoms with van der Waals surface area (Å²) in [5, 5.41) is 3.51. The third-order valence-electron chi connectivity index (χ3n) is 2.85. The molecule has 1 rings (SSSR count). The van der Waals surface area contributed by atoms with E-state index in [4.69, 9.17) is 4.74 Å². The van der Waals surface area contributed by atoms with Crippen LogP contribution in [0.15, 0.2) is 24.3 Å². The Kier molecular flexibility index (Phi) is 8.76. The van der Waals surface area contributed by atoms with Crippen molar-refractivity contribution < 1.29 is 4.74 Å². The maximum Gasteiger partial charge on any atom is 0.124 e. The van der Waals surface area contributed by atoms with E-state index in [2.05, 4.69) is 43.6 Å². The fourth-order valence-corrected chi connectivity index (χ4v) is 2.41. The second-order valence-electron chi connectivity index (χ2n) is 5.00. The highest BCUT2D eigenvalue weighted by Gasteiger charge is 2.04. The number of hydrogen-bond donors (Lipinski definition) is 1. The van der Waals surface area contributed by atoms with E-state index >= 15 is 0 Å². The lowest BCUT2D eigenvalue weighted by Gasteiger charge is -2.14. The summed E-state index contributed by atoms with van der Waals surface area (Å²) in [5.74, 6) is 2.29. The summed E-state index contributed by atoms with van der Waals surface area (Å²) >= 11 is 1.93. The average molecular weight is 281 g/mol. The molecule has 0 aliphatic heterocycles. The largest absolute Gasteiger partial charge is 0.491 e. The maximum absolute atomic E-state index is 5.81. The van der Waals surface area contributed by atoms with Crippen LogP contribution in [0.2, 0.25) is 0 Å². The fraction of sp³-hybridized carbons (Fsp3) is 0.625. The Morgan fingerprint density at radius 1 is 1.16 bits per heavy atom. The minimum atomic E-state index is 0.229. The van der Waals surface area contributed by atoms with E-state index < -0.39 is 0 Å². The van der Waals surface area contributed by atoms with Gasteiger partial charge >= 0.3 is 0 Å². The van der Waals surface area contributed by atoms with Crippen molar-refractivity contribution in [3.8, 4) is 5.75 Å². The van der Waals surface area contributed by atoms with Gasteiger partial charge in [0.05, 0.1) is 6.10 Å². The highest BCUT2D eigenvalue weighted by molar-refractivity contribution is 7.98. The molecule has 0 radical (unpaired) electrons. The first-order valence-corrected chi connectivity index (χ1v) is 8.57. The molecule has 0 unspecified atom stereocenters. The van der Waals surface area contributed by atoms with Crippen LogP contribution in [0.1, 0.15) is 38.7 Å². The van der Waals surface area contributed by atoms with E-state index in [1.54, 1.807) is 0 Å². The Morgan fingerprint density at radius 2 is 1.95 bits per heavy atom. The summed E-state index contributed by atoms with van der Waals surface area (Å²) in [7, 11) is 0. The molecule has 1 aromatic rings. The first-order valence-electron chi connectivity index (χ1n) is 7.18. The molecule has 0 atom stereocenters. The van der Waals surface area contributed by atoms with Gasteiger partial charge in [-0.15, -0.1) is 0 Å². The number of benzene rings is 1. The third kappa shape index (κ3) is 7.48. The van der Waals surface area contributed by atoms with E-state index in [0.29, 0.717) is 0 Å². The molecule has 108 valence electrons. The van der Waals surface area contributed by atoms with Crippen molar-refractivity contribution in [1.29, 1.82) is 0 Å². The van der Waals surface area contributed by atoms with Crippen LogP contribution in [0.5, 0.6) is 5.75 Å². The first kappa shape index (κ1) is 16.4. The van der Waals surface area contributed by atoms with Crippen molar-refractivity contribution in [2.24, 2.45) is 0 Å². The van der Waals surface area contributed by atoms with Gasteiger partial charge in [-0.3, -0.25) is 0 Å². The number of ether oxygens (including phenoxy) is 1. The van der Waals surface area contributed by atoms with Crippen LogP contribution >= 0.6 is 11.8 Å². The van der Waals surface area contributed by atoms with Crippen molar-refractivity contribution in [2.45, 2.75) is 45.8 Å². The molecule has 0 aromatic heterocycles. The van der Waals surface area contributed by atoms with Crippen molar-refractivity contribution in [3.63, 3.8) is 0 Å². The topological polar surface area (TPSA) is 21.3 Å². The molecule has 0 aliphatic carbocycles. The van der Waals surface area contributed by atoms with E-state index in [9.17, 15) is 0 Å². The van der Waals surface area contributed by atoms with Crippen LogP contribution in [-0.2, 0) is 6.54 Å². The van der Waals surface area contributed by atoms with E-state index in [1.807, 2.05) is 17.8 Å². The van der Waals surface area contributed by atoms with E-state index in [1.165, 1.54) is 30.6 Å². The lowest BCUT2D eigenvalue weighted by molar-refractivity contribution is 0.239. The predicted octanol–water partition coefficient (Wildman–Crippen LogP) is 4.10. The standard InChI is InChI=1S/C16H27NOS/c1-14(2)18-16-10-6-5-9-15(16)13-17-11-7-4-8-12-19-3/h5-6,9-10,14,17H,4,7-8,11-13H2,1-3H3. The number of nitrogens with one attached hydrogen (secondary N) is 1. The molecule has 0 fully saturated rings. The van der Waals surface area contributed by atoms with E-state index in [0.717, 1.165) is 18.8 Å². The number of hydrogen-bond acceptors (Lipinski definition) is 3. The van der Waals surface area contributed by atoms with Gasteiger partial charge in [0.2, 0.25) is 0 Å². The summed E-state index contributed by atoms with van der Waals surface area (Å²) < 4.78 is 5.81. The Balaban J connectivity index is 2.25. The zero-order valence-corrected chi connectivity index (χ0v) is 13.3. The molecule has 3 heteroatoms. The average Bonchev–Trinajstić information content (AvgIpc) is 2.39. The second-order valence-corrected chi connectivity index (χ2v) is 5.99. The molecule has 2 nitrogen and oxygen atoms in total. The van der Waals surface area contributed by atoms with Gasteiger partial charge in [0, 0.05) is 12.1 Å². The lowest BCUT2D eigenvalue weighted by Crippen LogP contribution is -2.16. The molecule has 19 heavy (non-hydrogen) atoms. The van der Waals surface area contributed by atoms with Gasteiger partial charge in [0.25, 0.3) is 0 Å². The van der Waals surface area contributed by atoms with Crippen LogP contribution in [0.4, 0.5) is 0 Å². The minimum Gasteiger partial charge on any atom is -0.491 e. The smallest absolute Gasteiger partial charge is 0.124 e. The molecule has 0 bridgehead atoms. The van der Waals surface area contributed by atoms with Crippen LogP contribution in [-0.4, -0.2) is 24.7 Å². The van der Waals surface area contributed by atoms with Crippen molar-refractivity contribution in [3.05, 3.63) is 29.8 Å². The molecule has 0 amide bonds. The quantitative estimate of drug-likeness (QED) is 0.653. The van der Waals surface area contributed by atoms with Crippen molar-refractivity contribution in [2.75, 3.05) is 18.6 Å². The molecule has 0 spiro atoms. The first-order chi connectivity index (χ1) is 9.24. The molecule has 0 saturated heterocycles.